The Bertz CT molecular complexity index is 552. The molecule has 0 spiro atoms. The van der Waals surface area contributed by atoms with Crippen LogP contribution in [0.2, 0.25) is 0 Å². The highest BCUT2D eigenvalue weighted by Crippen LogP contribution is 2.15. The number of rotatable bonds is 1. The SMILES string of the molecule is C=Cc1cc(C)c2[nH]ccc(=O)c2c1. The maximum atomic E-state index is 11.5. The van der Waals surface area contributed by atoms with E-state index in [1.54, 1.807) is 12.3 Å². The van der Waals surface area contributed by atoms with Crippen molar-refractivity contribution in [3.8, 4) is 0 Å². The maximum absolute atomic E-state index is 11.5. The van der Waals surface area contributed by atoms with Crippen LogP contribution in [0.15, 0.2) is 35.8 Å². The van der Waals surface area contributed by atoms with Crippen molar-refractivity contribution in [1.29, 1.82) is 0 Å². The predicted molar refractivity (Wildman–Crippen MR) is 59.4 cm³/mol. The minimum atomic E-state index is 0.0468. The Morgan fingerprint density at radius 2 is 2.21 bits per heavy atom. The van der Waals surface area contributed by atoms with E-state index in [4.69, 9.17) is 0 Å². The van der Waals surface area contributed by atoms with Crippen LogP contribution in [0, 0.1) is 6.92 Å². The first-order valence-electron chi connectivity index (χ1n) is 4.47. The minimum Gasteiger partial charge on any atom is -0.361 e. The second-order valence-electron chi connectivity index (χ2n) is 3.31. The minimum absolute atomic E-state index is 0.0468. The van der Waals surface area contributed by atoms with Gasteiger partial charge in [0.05, 0.1) is 5.52 Å². The Balaban J connectivity index is 2.97. The summed E-state index contributed by atoms with van der Waals surface area (Å²) in [6.45, 7) is 5.67. The average molecular weight is 185 g/mol. The summed E-state index contributed by atoms with van der Waals surface area (Å²) in [6.07, 6.45) is 3.42. The molecule has 2 heteroatoms. The standard InChI is InChI=1S/C12H11NO/c1-3-9-6-8(2)12-10(7-9)11(14)4-5-13-12/h3-7H,1H2,2H3,(H,13,14). The fraction of sp³-hybridized carbons (Fsp3) is 0.0833. The molecule has 14 heavy (non-hydrogen) atoms. The molecule has 70 valence electrons. The number of aromatic amines is 1. The van der Waals surface area contributed by atoms with Crippen molar-refractivity contribution in [2.75, 3.05) is 0 Å². The summed E-state index contributed by atoms with van der Waals surface area (Å²) in [5, 5.41) is 0.724. The summed E-state index contributed by atoms with van der Waals surface area (Å²) in [7, 11) is 0. The highest BCUT2D eigenvalue weighted by molar-refractivity contribution is 5.83. The van der Waals surface area contributed by atoms with Crippen molar-refractivity contribution in [3.63, 3.8) is 0 Å². The van der Waals surface area contributed by atoms with E-state index in [1.807, 2.05) is 19.1 Å². The Labute approximate surface area is 81.9 Å². The van der Waals surface area contributed by atoms with Crippen LogP contribution in [0.1, 0.15) is 11.1 Å². The van der Waals surface area contributed by atoms with Gasteiger partial charge in [-0.3, -0.25) is 4.79 Å². The van der Waals surface area contributed by atoms with Gasteiger partial charge in [0.25, 0.3) is 0 Å². The van der Waals surface area contributed by atoms with Gasteiger partial charge in [-0.25, -0.2) is 0 Å². The van der Waals surface area contributed by atoms with E-state index in [0.717, 1.165) is 22.0 Å². The zero-order chi connectivity index (χ0) is 10.1. The molecule has 0 saturated carbocycles. The third-order valence-electron chi connectivity index (χ3n) is 2.32. The summed E-state index contributed by atoms with van der Waals surface area (Å²) in [5.41, 5.74) is 3.00. The fourth-order valence-electron chi connectivity index (χ4n) is 1.61. The zero-order valence-electron chi connectivity index (χ0n) is 8.00. The second-order valence-corrected chi connectivity index (χ2v) is 3.31. The lowest BCUT2D eigenvalue weighted by Gasteiger charge is -2.02. The summed E-state index contributed by atoms with van der Waals surface area (Å²) in [4.78, 5) is 14.6. The highest BCUT2D eigenvalue weighted by atomic mass is 16.1. The molecule has 1 N–H and O–H groups in total. The Kier molecular flexibility index (Phi) is 1.97. The molecule has 1 aromatic heterocycles. The van der Waals surface area contributed by atoms with Crippen molar-refractivity contribution >= 4 is 17.0 Å². The molecule has 0 aliphatic carbocycles. The molecule has 0 aliphatic rings. The van der Waals surface area contributed by atoms with Crippen LogP contribution < -0.4 is 5.43 Å². The van der Waals surface area contributed by atoms with Crippen LogP contribution in [-0.4, -0.2) is 4.98 Å². The van der Waals surface area contributed by atoms with E-state index in [1.165, 1.54) is 6.07 Å². The van der Waals surface area contributed by atoms with Crippen LogP contribution in [-0.2, 0) is 0 Å². The molecule has 0 saturated heterocycles. The van der Waals surface area contributed by atoms with Crippen LogP contribution in [0.25, 0.3) is 17.0 Å². The summed E-state index contributed by atoms with van der Waals surface area (Å²) in [6, 6.07) is 5.40. The Morgan fingerprint density at radius 1 is 1.43 bits per heavy atom. The van der Waals surface area contributed by atoms with E-state index in [0.29, 0.717) is 0 Å². The maximum Gasteiger partial charge on any atom is 0.189 e. The fourth-order valence-corrected chi connectivity index (χ4v) is 1.61. The second kappa shape index (κ2) is 3.14. The van der Waals surface area contributed by atoms with Crippen molar-refractivity contribution in [1.82, 2.24) is 4.98 Å². The molecular formula is C12H11NO. The molecule has 0 aliphatic heterocycles. The molecule has 2 nitrogen and oxygen atoms in total. The molecular weight excluding hydrogens is 174 g/mol. The van der Waals surface area contributed by atoms with Crippen LogP contribution >= 0.6 is 0 Å². The third-order valence-corrected chi connectivity index (χ3v) is 2.32. The van der Waals surface area contributed by atoms with Crippen LogP contribution in [0.5, 0.6) is 0 Å². The van der Waals surface area contributed by atoms with Gasteiger partial charge in [0.2, 0.25) is 0 Å². The van der Waals surface area contributed by atoms with Crippen molar-refractivity contribution < 1.29 is 0 Å². The lowest BCUT2D eigenvalue weighted by atomic mass is 10.1. The lowest BCUT2D eigenvalue weighted by Crippen LogP contribution is -2.01. The number of fused-ring (bicyclic) bond motifs is 1. The molecule has 0 amide bonds. The first-order valence-corrected chi connectivity index (χ1v) is 4.47. The first-order chi connectivity index (χ1) is 6.72. The van der Waals surface area contributed by atoms with Crippen molar-refractivity contribution in [2.24, 2.45) is 0 Å². The number of H-pyrrole nitrogens is 1. The number of benzene rings is 1. The normalized spacial score (nSPS) is 10.4. The molecule has 0 atom stereocenters. The van der Waals surface area contributed by atoms with E-state index < -0.39 is 0 Å². The Hall–Kier alpha value is -1.83. The first kappa shape index (κ1) is 8.75. The molecule has 1 heterocycles. The van der Waals surface area contributed by atoms with Gasteiger partial charge in [0.1, 0.15) is 0 Å². The summed E-state index contributed by atoms with van der Waals surface area (Å²) in [5.74, 6) is 0. The molecule has 0 radical (unpaired) electrons. The quantitative estimate of drug-likeness (QED) is 0.727. The number of aryl methyl sites for hydroxylation is 1. The topological polar surface area (TPSA) is 32.9 Å². The smallest absolute Gasteiger partial charge is 0.189 e. The van der Waals surface area contributed by atoms with Crippen molar-refractivity contribution in [2.45, 2.75) is 6.92 Å². The number of aromatic nitrogens is 1. The highest BCUT2D eigenvalue weighted by Gasteiger charge is 2.01. The van der Waals surface area contributed by atoms with Gasteiger partial charge in [-0.2, -0.15) is 0 Å². The molecule has 0 bridgehead atoms. The van der Waals surface area contributed by atoms with Crippen LogP contribution in [0.4, 0.5) is 0 Å². The third kappa shape index (κ3) is 1.25. The number of nitrogens with one attached hydrogen (secondary N) is 1. The number of hydrogen-bond donors (Lipinski definition) is 1. The lowest BCUT2D eigenvalue weighted by molar-refractivity contribution is 1.35. The van der Waals surface area contributed by atoms with E-state index in [2.05, 4.69) is 11.6 Å². The molecule has 2 aromatic rings. The molecule has 2 rings (SSSR count). The largest absolute Gasteiger partial charge is 0.361 e. The van der Waals surface area contributed by atoms with Gasteiger partial charge in [-0.15, -0.1) is 0 Å². The zero-order valence-corrected chi connectivity index (χ0v) is 8.00. The van der Waals surface area contributed by atoms with Crippen molar-refractivity contribution in [3.05, 3.63) is 52.3 Å². The molecule has 0 unspecified atom stereocenters. The predicted octanol–water partition coefficient (Wildman–Crippen LogP) is 2.48. The average Bonchev–Trinajstić information content (AvgIpc) is 2.19. The molecule has 0 fully saturated rings. The van der Waals surface area contributed by atoms with Gasteiger partial charge in [-0.05, 0) is 30.2 Å². The molecule has 1 aromatic carbocycles. The van der Waals surface area contributed by atoms with Crippen LogP contribution in [0.3, 0.4) is 0 Å². The van der Waals surface area contributed by atoms with E-state index in [-0.39, 0.29) is 5.43 Å². The van der Waals surface area contributed by atoms with Gasteiger partial charge in [0, 0.05) is 17.6 Å². The number of hydrogen-bond acceptors (Lipinski definition) is 1. The monoisotopic (exact) mass is 185 g/mol. The summed E-state index contributed by atoms with van der Waals surface area (Å²) >= 11 is 0. The summed E-state index contributed by atoms with van der Waals surface area (Å²) < 4.78 is 0. The van der Waals surface area contributed by atoms with E-state index >= 15 is 0 Å². The Morgan fingerprint density at radius 3 is 2.93 bits per heavy atom. The van der Waals surface area contributed by atoms with Gasteiger partial charge < -0.3 is 4.98 Å². The van der Waals surface area contributed by atoms with E-state index in [9.17, 15) is 4.79 Å². The van der Waals surface area contributed by atoms with Gasteiger partial charge in [0.15, 0.2) is 5.43 Å². The number of pyridine rings is 1. The van der Waals surface area contributed by atoms with Gasteiger partial charge in [-0.1, -0.05) is 12.7 Å². The van der Waals surface area contributed by atoms with Gasteiger partial charge >= 0.3 is 0 Å².